The first-order valence-corrected chi connectivity index (χ1v) is 13.6. The second-order valence-corrected chi connectivity index (χ2v) is 15.6. The van der Waals surface area contributed by atoms with Crippen molar-refractivity contribution in [3.8, 4) is 0 Å². The second kappa shape index (κ2) is 10.7. The smallest absolute Gasteiger partial charge is 0.338 e. The number of hydrogen-bond donors (Lipinski definition) is 0. The molecule has 1 rings (SSSR count). The maximum atomic E-state index is 12.3. The fourth-order valence-electron chi connectivity index (χ4n) is 5.30. The highest BCUT2D eigenvalue weighted by atomic mass is 28.4. The molecule has 0 aromatic rings. The van der Waals surface area contributed by atoms with Crippen molar-refractivity contribution < 1.29 is 23.4 Å². The Kier molecular flexibility index (Phi) is 9.85. The lowest BCUT2D eigenvalue weighted by molar-refractivity contribution is -0.170. The monoisotopic (exact) mass is 430 g/mol. The number of carbonyl (C=O) groups is 1. The average molecular weight is 431 g/mol. The lowest BCUT2D eigenvalue weighted by atomic mass is 9.95. The molecular formula is C23H46O5Si. The number of esters is 1. The van der Waals surface area contributed by atoms with Gasteiger partial charge in [0.15, 0.2) is 11.9 Å². The average Bonchev–Trinajstić information content (AvgIpc) is 2.86. The third-order valence-electron chi connectivity index (χ3n) is 6.18. The largest absolute Gasteiger partial charge is 0.464 e. The highest BCUT2D eigenvalue weighted by Crippen LogP contribution is 2.43. The quantitative estimate of drug-likeness (QED) is 0.294. The summed E-state index contributed by atoms with van der Waals surface area (Å²) in [6, 6.07) is 0. The van der Waals surface area contributed by atoms with Crippen molar-refractivity contribution >= 4 is 14.3 Å². The van der Waals surface area contributed by atoms with Crippen LogP contribution >= 0.6 is 0 Å². The maximum absolute atomic E-state index is 12.3. The van der Waals surface area contributed by atoms with Crippen molar-refractivity contribution in [2.45, 2.75) is 130 Å². The number of carbonyl (C=O) groups excluding carboxylic acids is 1. The van der Waals surface area contributed by atoms with Gasteiger partial charge in [0.25, 0.3) is 0 Å². The van der Waals surface area contributed by atoms with Crippen molar-refractivity contribution in [1.82, 2.24) is 0 Å². The van der Waals surface area contributed by atoms with Gasteiger partial charge in [-0.2, -0.15) is 0 Å². The van der Waals surface area contributed by atoms with Gasteiger partial charge < -0.3 is 18.6 Å². The summed E-state index contributed by atoms with van der Waals surface area (Å²) in [7, 11) is -1.90. The molecule has 1 saturated heterocycles. The van der Waals surface area contributed by atoms with Crippen molar-refractivity contribution in [1.29, 1.82) is 0 Å². The molecule has 1 heterocycles. The predicted octanol–water partition coefficient (Wildman–Crippen LogP) is 6.07. The van der Waals surface area contributed by atoms with E-state index in [4.69, 9.17) is 18.6 Å². The molecule has 0 unspecified atom stereocenters. The highest BCUT2D eigenvalue weighted by molar-refractivity contribution is 6.77. The van der Waals surface area contributed by atoms with Crippen LogP contribution in [-0.2, 0) is 23.4 Å². The van der Waals surface area contributed by atoms with Gasteiger partial charge in [-0.05, 0) is 63.1 Å². The van der Waals surface area contributed by atoms with Gasteiger partial charge in [-0.3, -0.25) is 0 Å². The summed E-state index contributed by atoms with van der Waals surface area (Å²) in [6.45, 7) is 24.2. The van der Waals surface area contributed by atoms with Crippen LogP contribution in [0.3, 0.4) is 0 Å². The second-order valence-electron chi connectivity index (χ2n) is 10.2. The van der Waals surface area contributed by atoms with E-state index in [1.54, 1.807) is 0 Å². The minimum atomic E-state index is -1.90. The highest BCUT2D eigenvalue weighted by Gasteiger charge is 2.48. The summed E-state index contributed by atoms with van der Waals surface area (Å²) >= 11 is 0. The summed E-state index contributed by atoms with van der Waals surface area (Å²) in [5.74, 6) is -0.744. The minimum Gasteiger partial charge on any atom is -0.464 e. The molecule has 6 heteroatoms. The Labute approximate surface area is 180 Å². The van der Waals surface area contributed by atoms with Gasteiger partial charge in [-0.1, -0.05) is 48.5 Å². The lowest BCUT2D eigenvalue weighted by Gasteiger charge is -2.44. The van der Waals surface area contributed by atoms with Crippen molar-refractivity contribution in [3.63, 3.8) is 0 Å². The van der Waals surface area contributed by atoms with E-state index in [0.29, 0.717) is 29.1 Å². The maximum Gasteiger partial charge on any atom is 0.338 e. The molecule has 172 valence electrons. The van der Waals surface area contributed by atoms with Crippen LogP contribution < -0.4 is 0 Å². The molecule has 1 fully saturated rings. The first kappa shape index (κ1) is 26.6. The van der Waals surface area contributed by atoms with Gasteiger partial charge in [0.2, 0.25) is 8.32 Å². The Balaban J connectivity index is 2.79. The fourth-order valence-corrected chi connectivity index (χ4v) is 10.9. The number of rotatable bonds is 11. The Bertz CT molecular complexity index is 496. The van der Waals surface area contributed by atoms with Gasteiger partial charge in [-0.15, -0.1) is 0 Å². The molecule has 0 amide bonds. The van der Waals surface area contributed by atoms with Gasteiger partial charge in [-0.25, -0.2) is 4.79 Å². The van der Waals surface area contributed by atoms with E-state index in [2.05, 4.69) is 55.4 Å². The molecule has 0 radical (unpaired) electrons. The molecule has 29 heavy (non-hydrogen) atoms. The zero-order valence-electron chi connectivity index (χ0n) is 20.7. The first-order valence-electron chi connectivity index (χ1n) is 11.5. The number of hydrogen-bond acceptors (Lipinski definition) is 5. The third-order valence-corrected chi connectivity index (χ3v) is 12.4. The van der Waals surface area contributed by atoms with Crippen LogP contribution in [0.25, 0.3) is 0 Å². The minimum absolute atomic E-state index is 0.181. The van der Waals surface area contributed by atoms with E-state index >= 15 is 0 Å². The molecule has 0 bridgehead atoms. The SMILES string of the molecule is CCOC(=O)[C@@H]1OC(C)(C)O[C@H]1C[C@@H](C)C[C@H](C)O[Si](C(C)C)(C(C)C)C(C)C. The third kappa shape index (κ3) is 6.78. The summed E-state index contributed by atoms with van der Waals surface area (Å²) in [5, 5.41) is 0. The normalized spacial score (nSPS) is 24.3. The van der Waals surface area contributed by atoms with Gasteiger partial charge in [0.05, 0.1) is 12.7 Å². The first-order chi connectivity index (χ1) is 13.3. The van der Waals surface area contributed by atoms with Crippen LogP contribution in [0.2, 0.25) is 16.6 Å². The molecule has 5 nitrogen and oxygen atoms in total. The van der Waals surface area contributed by atoms with Crippen molar-refractivity contribution in [2.75, 3.05) is 6.61 Å². The van der Waals surface area contributed by atoms with Crippen LogP contribution in [0.1, 0.15) is 89.0 Å². The van der Waals surface area contributed by atoms with Crippen LogP contribution in [0.4, 0.5) is 0 Å². The molecule has 1 aliphatic rings. The lowest BCUT2D eigenvalue weighted by Crippen LogP contribution is -2.50. The summed E-state index contributed by atoms with van der Waals surface area (Å²) in [6.07, 6.45) is 0.935. The van der Waals surface area contributed by atoms with Gasteiger partial charge in [0.1, 0.15) is 0 Å². The molecule has 0 aromatic heterocycles. The summed E-state index contributed by atoms with van der Waals surface area (Å²) < 4.78 is 24.0. The van der Waals surface area contributed by atoms with Crippen molar-refractivity contribution in [2.24, 2.45) is 5.92 Å². The van der Waals surface area contributed by atoms with Crippen LogP contribution in [-0.4, -0.2) is 45.0 Å². The van der Waals surface area contributed by atoms with Crippen LogP contribution in [0.5, 0.6) is 0 Å². The Morgan fingerprint density at radius 3 is 1.93 bits per heavy atom. The molecule has 4 atom stereocenters. The number of ether oxygens (including phenoxy) is 3. The zero-order chi connectivity index (χ0) is 22.6. The van der Waals surface area contributed by atoms with E-state index in [-0.39, 0.29) is 18.2 Å². The Morgan fingerprint density at radius 2 is 1.48 bits per heavy atom. The van der Waals surface area contributed by atoms with Gasteiger partial charge >= 0.3 is 5.97 Å². The molecule has 0 aromatic carbocycles. The molecular weight excluding hydrogens is 384 g/mol. The standard InChI is InChI=1S/C23H46O5Si/c1-12-25-22(24)21-20(26-23(10,11)27-21)14-18(8)13-19(9)28-29(15(2)3,16(4)5)17(6)7/h15-21H,12-14H2,1-11H3/t18-,19-,20-,21+/m0/s1. The summed E-state index contributed by atoms with van der Waals surface area (Å²) in [4.78, 5) is 12.3. The molecule has 0 aliphatic carbocycles. The summed E-state index contributed by atoms with van der Waals surface area (Å²) in [5.41, 5.74) is 1.71. The molecule has 0 spiro atoms. The molecule has 1 aliphatic heterocycles. The topological polar surface area (TPSA) is 54.0 Å². The molecule has 0 saturated carbocycles. The Morgan fingerprint density at radius 1 is 0.966 bits per heavy atom. The van der Waals surface area contributed by atoms with E-state index in [1.165, 1.54) is 0 Å². The van der Waals surface area contributed by atoms with E-state index in [1.807, 2.05) is 20.8 Å². The fraction of sp³-hybridized carbons (Fsp3) is 0.957. The Hall–Kier alpha value is -0.433. The van der Waals surface area contributed by atoms with E-state index in [0.717, 1.165) is 12.8 Å². The van der Waals surface area contributed by atoms with Crippen LogP contribution in [0, 0.1) is 5.92 Å². The van der Waals surface area contributed by atoms with Gasteiger partial charge in [0, 0.05) is 6.10 Å². The van der Waals surface area contributed by atoms with E-state index < -0.39 is 20.2 Å². The predicted molar refractivity (Wildman–Crippen MR) is 120 cm³/mol. The van der Waals surface area contributed by atoms with Crippen molar-refractivity contribution in [3.05, 3.63) is 0 Å². The van der Waals surface area contributed by atoms with Crippen LogP contribution in [0.15, 0.2) is 0 Å². The molecule has 0 N–H and O–H groups in total. The zero-order valence-corrected chi connectivity index (χ0v) is 21.7. The van der Waals surface area contributed by atoms with E-state index in [9.17, 15) is 4.79 Å².